The topological polar surface area (TPSA) is 80.9 Å². The number of carbonyl (C=O) groups is 1. The van der Waals surface area contributed by atoms with E-state index in [0.29, 0.717) is 25.2 Å². The summed E-state index contributed by atoms with van der Waals surface area (Å²) >= 11 is 0. The number of hydrogen-bond acceptors (Lipinski definition) is 4. The Hall–Kier alpha value is -2.43. The van der Waals surface area contributed by atoms with Crippen molar-refractivity contribution >= 4 is 11.7 Å². The molecule has 0 saturated heterocycles. The fraction of sp³-hybridized carbons (Fsp3) is 0.214. The molecule has 0 aliphatic carbocycles. The van der Waals surface area contributed by atoms with E-state index in [4.69, 9.17) is 5.73 Å². The predicted molar refractivity (Wildman–Crippen MR) is 73.1 cm³/mol. The number of aromatic nitrogens is 2. The van der Waals surface area contributed by atoms with Gasteiger partial charge in [-0.1, -0.05) is 12.1 Å². The fourth-order valence-electron chi connectivity index (χ4n) is 1.69. The van der Waals surface area contributed by atoms with E-state index in [0.717, 1.165) is 11.1 Å². The number of anilines is 1. The van der Waals surface area contributed by atoms with Crippen LogP contribution in [0.1, 0.15) is 17.5 Å². The second-order valence-corrected chi connectivity index (χ2v) is 4.19. The van der Waals surface area contributed by atoms with Gasteiger partial charge in [0.2, 0.25) is 5.91 Å². The number of rotatable bonds is 5. The first-order valence-electron chi connectivity index (χ1n) is 6.10. The lowest BCUT2D eigenvalue weighted by atomic mass is 10.1. The average molecular weight is 256 g/mol. The molecule has 5 heteroatoms. The Bertz CT molecular complexity index is 542. The number of aryl methyl sites for hydroxylation is 1. The summed E-state index contributed by atoms with van der Waals surface area (Å²) in [4.78, 5) is 19.7. The number of nitrogens with two attached hydrogens (primary N) is 1. The van der Waals surface area contributed by atoms with Gasteiger partial charge in [-0.15, -0.1) is 0 Å². The molecule has 0 radical (unpaired) electrons. The molecule has 0 fully saturated rings. The van der Waals surface area contributed by atoms with E-state index in [9.17, 15) is 4.79 Å². The molecule has 2 heterocycles. The Labute approximate surface area is 111 Å². The summed E-state index contributed by atoms with van der Waals surface area (Å²) in [5.74, 6) is 0.446. The quantitative estimate of drug-likeness (QED) is 0.845. The van der Waals surface area contributed by atoms with Gasteiger partial charge in [0.05, 0.1) is 0 Å². The van der Waals surface area contributed by atoms with Gasteiger partial charge in [-0.3, -0.25) is 9.78 Å². The Morgan fingerprint density at radius 2 is 2.11 bits per heavy atom. The molecule has 0 unspecified atom stereocenters. The van der Waals surface area contributed by atoms with E-state index in [1.165, 1.54) is 0 Å². The number of carbonyl (C=O) groups excluding carboxylic acids is 1. The minimum atomic E-state index is -0.00731. The zero-order valence-electron chi connectivity index (χ0n) is 10.5. The first-order chi connectivity index (χ1) is 9.25. The Morgan fingerprint density at radius 3 is 2.84 bits per heavy atom. The van der Waals surface area contributed by atoms with Crippen molar-refractivity contribution < 1.29 is 4.79 Å². The van der Waals surface area contributed by atoms with Crippen LogP contribution in [0.3, 0.4) is 0 Å². The number of pyridine rings is 2. The van der Waals surface area contributed by atoms with Crippen LogP contribution in [0.2, 0.25) is 0 Å². The highest BCUT2D eigenvalue weighted by molar-refractivity contribution is 5.76. The van der Waals surface area contributed by atoms with Gasteiger partial charge in [0.15, 0.2) is 0 Å². The van der Waals surface area contributed by atoms with Gasteiger partial charge in [-0.2, -0.15) is 0 Å². The molecule has 0 aromatic carbocycles. The van der Waals surface area contributed by atoms with Gasteiger partial charge >= 0.3 is 0 Å². The monoisotopic (exact) mass is 256 g/mol. The highest BCUT2D eigenvalue weighted by Crippen LogP contribution is 2.06. The number of amides is 1. The molecule has 2 rings (SSSR count). The third-order valence-corrected chi connectivity index (χ3v) is 2.77. The molecule has 2 aromatic heterocycles. The Morgan fingerprint density at radius 1 is 1.26 bits per heavy atom. The standard InChI is InChI=1S/C14H16N4O/c15-14-12(4-2-8-17-14)10-18-13(19)6-5-11-3-1-7-16-9-11/h1-4,7-9H,5-6,10H2,(H2,15,17)(H,18,19). The number of nitrogens with one attached hydrogen (secondary N) is 1. The van der Waals surface area contributed by atoms with E-state index >= 15 is 0 Å². The van der Waals surface area contributed by atoms with Crippen molar-refractivity contribution in [2.75, 3.05) is 5.73 Å². The zero-order valence-corrected chi connectivity index (χ0v) is 10.5. The highest BCUT2D eigenvalue weighted by atomic mass is 16.1. The summed E-state index contributed by atoms with van der Waals surface area (Å²) in [6.07, 6.45) is 6.23. The van der Waals surface area contributed by atoms with Crippen molar-refractivity contribution in [3.63, 3.8) is 0 Å². The smallest absolute Gasteiger partial charge is 0.220 e. The van der Waals surface area contributed by atoms with Crippen LogP contribution in [0.15, 0.2) is 42.9 Å². The lowest BCUT2D eigenvalue weighted by molar-refractivity contribution is -0.121. The first-order valence-corrected chi connectivity index (χ1v) is 6.10. The van der Waals surface area contributed by atoms with Gasteiger partial charge in [-0.25, -0.2) is 4.98 Å². The second kappa shape index (κ2) is 6.49. The average Bonchev–Trinajstić information content (AvgIpc) is 2.45. The Balaban J connectivity index is 1.78. The van der Waals surface area contributed by atoms with E-state index < -0.39 is 0 Å². The van der Waals surface area contributed by atoms with E-state index in [2.05, 4.69) is 15.3 Å². The molecule has 1 amide bonds. The molecule has 3 N–H and O–H groups in total. The summed E-state index contributed by atoms with van der Waals surface area (Å²) in [5, 5.41) is 2.83. The van der Waals surface area contributed by atoms with E-state index in [-0.39, 0.29) is 5.91 Å². The highest BCUT2D eigenvalue weighted by Gasteiger charge is 2.04. The molecule has 0 atom stereocenters. The van der Waals surface area contributed by atoms with Gasteiger partial charge in [0.1, 0.15) is 5.82 Å². The maximum absolute atomic E-state index is 11.7. The van der Waals surface area contributed by atoms with Crippen molar-refractivity contribution in [1.29, 1.82) is 0 Å². The Kier molecular flexibility index (Phi) is 4.44. The molecule has 0 bridgehead atoms. The maximum Gasteiger partial charge on any atom is 0.220 e. The second-order valence-electron chi connectivity index (χ2n) is 4.19. The molecule has 0 aliphatic rings. The van der Waals surface area contributed by atoms with Crippen LogP contribution < -0.4 is 11.1 Å². The lowest BCUT2D eigenvalue weighted by Gasteiger charge is -2.06. The summed E-state index contributed by atoms with van der Waals surface area (Å²) < 4.78 is 0. The molecule has 5 nitrogen and oxygen atoms in total. The fourth-order valence-corrected chi connectivity index (χ4v) is 1.69. The molecule has 2 aromatic rings. The first kappa shape index (κ1) is 13.0. The third-order valence-electron chi connectivity index (χ3n) is 2.77. The van der Waals surface area contributed by atoms with E-state index in [1.807, 2.05) is 18.2 Å². The summed E-state index contributed by atoms with van der Waals surface area (Å²) in [7, 11) is 0. The van der Waals surface area contributed by atoms with Crippen LogP contribution in [0.5, 0.6) is 0 Å². The van der Waals surface area contributed by atoms with Crippen molar-refractivity contribution in [2.24, 2.45) is 0 Å². The summed E-state index contributed by atoms with van der Waals surface area (Å²) in [6.45, 7) is 0.408. The summed E-state index contributed by atoms with van der Waals surface area (Å²) in [6, 6.07) is 7.47. The van der Waals surface area contributed by atoms with Crippen LogP contribution in [0, 0.1) is 0 Å². The van der Waals surface area contributed by atoms with Crippen LogP contribution in [-0.2, 0) is 17.8 Å². The largest absolute Gasteiger partial charge is 0.383 e. The van der Waals surface area contributed by atoms with Crippen molar-refractivity contribution in [3.8, 4) is 0 Å². The van der Waals surface area contributed by atoms with Crippen LogP contribution in [0.25, 0.3) is 0 Å². The lowest BCUT2D eigenvalue weighted by Crippen LogP contribution is -2.23. The minimum absolute atomic E-state index is 0.00731. The van der Waals surface area contributed by atoms with Crippen molar-refractivity contribution in [1.82, 2.24) is 15.3 Å². The van der Waals surface area contributed by atoms with Crippen LogP contribution in [-0.4, -0.2) is 15.9 Å². The minimum Gasteiger partial charge on any atom is -0.383 e. The van der Waals surface area contributed by atoms with Crippen molar-refractivity contribution in [3.05, 3.63) is 54.0 Å². The molecular weight excluding hydrogens is 240 g/mol. The zero-order chi connectivity index (χ0) is 13.5. The molecule has 0 spiro atoms. The van der Waals surface area contributed by atoms with Gasteiger partial charge in [0, 0.05) is 37.1 Å². The SMILES string of the molecule is Nc1ncccc1CNC(=O)CCc1cccnc1. The maximum atomic E-state index is 11.7. The third kappa shape index (κ3) is 4.06. The molecular formula is C14H16N4O. The van der Waals surface area contributed by atoms with Crippen molar-refractivity contribution in [2.45, 2.75) is 19.4 Å². The number of nitrogen functional groups attached to an aromatic ring is 1. The van der Waals surface area contributed by atoms with E-state index in [1.54, 1.807) is 24.7 Å². The van der Waals surface area contributed by atoms with Gasteiger partial charge in [0.25, 0.3) is 0 Å². The molecule has 0 aliphatic heterocycles. The molecule has 98 valence electrons. The number of nitrogens with zero attached hydrogens (tertiary/aromatic N) is 2. The van der Waals surface area contributed by atoms with Gasteiger partial charge in [-0.05, 0) is 24.1 Å². The molecule has 0 saturated carbocycles. The summed E-state index contributed by atoms with van der Waals surface area (Å²) in [5.41, 5.74) is 7.59. The normalized spacial score (nSPS) is 10.1. The van der Waals surface area contributed by atoms with Gasteiger partial charge < -0.3 is 11.1 Å². The van der Waals surface area contributed by atoms with Crippen LogP contribution in [0.4, 0.5) is 5.82 Å². The predicted octanol–water partition coefficient (Wildman–Crippen LogP) is 1.31. The van der Waals surface area contributed by atoms with Crippen LogP contribution >= 0.6 is 0 Å². The number of hydrogen-bond donors (Lipinski definition) is 2. The molecule has 19 heavy (non-hydrogen) atoms.